The first kappa shape index (κ1) is 13.6. The predicted octanol–water partition coefficient (Wildman–Crippen LogP) is 2.02. The van der Waals surface area contributed by atoms with Crippen LogP contribution in [-0.2, 0) is 0 Å². The number of para-hydroxylation sites is 1. The van der Waals surface area contributed by atoms with Crippen LogP contribution in [0.25, 0.3) is 0 Å². The molecule has 1 aromatic carbocycles. The maximum absolute atomic E-state index is 10.8. The van der Waals surface area contributed by atoms with E-state index in [0.29, 0.717) is 18.5 Å². The molecular formula is C12H18N2O3. The predicted molar refractivity (Wildman–Crippen MR) is 65.8 cm³/mol. The van der Waals surface area contributed by atoms with Crippen LogP contribution in [0.15, 0.2) is 24.3 Å². The smallest absolute Gasteiger partial charge is 0.274 e. The molecule has 0 fully saturated rings. The first-order valence-electron chi connectivity index (χ1n) is 5.71. The van der Waals surface area contributed by atoms with Gasteiger partial charge in [-0.2, -0.15) is 0 Å². The molecule has 2 unspecified atom stereocenters. The molecule has 2 N–H and O–H groups in total. The summed E-state index contributed by atoms with van der Waals surface area (Å²) >= 11 is 0. The molecule has 0 radical (unpaired) electrons. The normalized spacial score (nSPS) is 14.3. The van der Waals surface area contributed by atoms with Gasteiger partial charge in [0.05, 0.1) is 11.0 Å². The number of aliphatic hydroxyl groups excluding tert-OH is 1. The number of aliphatic hydroxyl groups is 1. The van der Waals surface area contributed by atoms with Crippen molar-refractivity contribution in [3.05, 3.63) is 39.9 Å². The van der Waals surface area contributed by atoms with E-state index < -0.39 is 6.10 Å². The largest absolute Gasteiger partial charge is 0.392 e. The number of benzene rings is 1. The molecule has 0 aliphatic rings. The molecule has 0 saturated carbocycles. The van der Waals surface area contributed by atoms with E-state index in [0.717, 1.165) is 0 Å². The van der Waals surface area contributed by atoms with Crippen LogP contribution in [0.4, 0.5) is 5.69 Å². The van der Waals surface area contributed by atoms with Crippen LogP contribution in [0.2, 0.25) is 0 Å². The molecule has 0 bridgehead atoms. The van der Waals surface area contributed by atoms with Gasteiger partial charge in [-0.3, -0.25) is 10.1 Å². The summed E-state index contributed by atoms with van der Waals surface area (Å²) in [6, 6.07) is 6.49. The Balaban J connectivity index is 2.74. The van der Waals surface area contributed by atoms with Crippen molar-refractivity contribution < 1.29 is 10.0 Å². The molecule has 5 heteroatoms. The third-order valence-electron chi connectivity index (χ3n) is 2.73. The molecule has 0 aromatic heterocycles. The maximum atomic E-state index is 10.8. The van der Waals surface area contributed by atoms with E-state index in [1.54, 1.807) is 18.2 Å². The lowest BCUT2D eigenvalue weighted by Gasteiger charge is -2.16. The molecule has 0 saturated heterocycles. The molecule has 0 aliphatic carbocycles. The summed E-state index contributed by atoms with van der Waals surface area (Å²) in [5, 5.41) is 23.4. The van der Waals surface area contributed by atoms with Crippen molar-refractivity contribution >= 4 is 5.69 Å². The quantitative estimate of drug-likeness (QED) is 0.587. The summed E-state index contributed by atoms with van der Waals surface area (Å²) in [6.45, 7) is 4.18. The molecule has 1 rings (SSSR count). The molecule has 17 heavy (non-hydrogen) atoms. The minimum Gasteiger partial charge on any atom is -0.392 e. The van der Waals surface area contributed by atoms with Gasteiger partial charge in [0, 0.05) is 24.2 Å². The molecule has 0 aliphatic heterocycles. The van der Waals surface area contributed by atoms with Crippen molar-refractivity contribution in [3.63, 3.8) is 0 Å². The Kier molecular flexibility index (Phi) is 5.06. The van der Waals surface area contributed by atoms with E-state index in [9.17, 15) is 15.2 Å². The van der Waals surface area contributed by atoms with Gasteiger partial charge in [-0.15, -0.1) is 0 Å². The average Bonchev–Trinajstić information content (AvgIpc) is 2.35. The second-order valence-corrected chi connectivity index (χ2v) is 4.01. The Labute approximate surface area is 101 Å². The zero-order chi connectivity index (χ0) is 12.8. The van der Waals surface area contributed by atoms with Gasteiger partial charge in [0.15, 0.2) is 0 Å². The first-order valence-corrected chi connectivity index (χ1v) is 5.71. The van der Waals surface area contributed by atoms with E-state index in [2.05, 4.69) is 5.32 Å². The van der Waals surface area contributed by atoms with Gasteiger partial charge in [-0.25, -0.2) is 0 Å². The third-order valence-corrected chi connectivity index (χ3v) is 2.73. The summed E-state index contributed by atoms with van der Waals surface area (Å²) in [4.78, 5) is 10.5. The van der Waals surface area contributed by atoms with Crippen molar-refractivity contribution in [1.82, 2.24) is 5.32 Å². The molecule has 2 atom stereocenters. The summed E-state index contributed by atoms with van der Waals surface area (Å²) in [6.07, 6.45) is 0.247. The fourth-order valence-electron chi connectivity index (χ4n) is 1.59. The molecule has 1 aromatic rings. The van der Waals surface area contributed by atoms with Crippen LogP contribution in [-0.4, -0.2) is 22.7 Å². The average molecular weight is 238 g/mol. The van der Waals surface area contributed by atoms with E-state index in [1.165, 1.54) is 6.07 Å². The number of nitrogens with one attached hydrogen (secondary N) is 1. The van der Waals surface area contributed by atoms with Crippen molar-refractivity contribution in [2.24, 2.45) is 0 Å². The molecule has 0 amide bonds. The van der Waals surface area contributed by atoms with Gasteiger partial charge in [-0.1, -0.05) is 25.1 Å². The summed E-state index contributed by atoms with van der Waals surface area (Å²) in [5.74, 6) is 0. The highest BCUT2D eigenvalue weighted by Gasteiger charge is 2.17. The molecular weight excluding hydrogens is 220 g/mol. The van der Waals surface area contributed by atoms with Gasteiger partial charge < -0.3 is 10.4 Å². The number of hydrogen-bond donors (Lipinski definition) is 2. The highest BCUT2D eigenvalue weighted by Crippen LogP contribution is 2.24. The minimum atomic E-state index is -0.416. The summed E-state index contributed by atoms with van der Waals surface area (Å²) in [7, 11) is 0. The Morgan fingerprint density at radius 1 is 1.47 bits per heavy atom. The molecule has 0 heterocycles. The standard InChI is InChI=1S/C12H18N2O3/c1-3-10(15)8-13-9(2)11-6-4-5-7-12(11)14(16)17/h4-7,9-10,13,15H,3,8H2,1-2H3. The lowest BCUT2D eigenvalue weighted by atomic mass is 10.1. The SMILES string of the molecule is CCC(O)CNC(C)c1ccccc1[N+](=O)[O-]. The Morgan fingerprint density at radius 2 is 2.12 bits per heavy atom. The highest BCUT2D eigenvalue weighted by molar-refractivity contribution is 5.41. The van der Waals surface area contributed by atoms with E-state index >= 15 is 0 Å². The third kappa shape index (κ3) is 3.80. The van der Waals surface area contributed by atoms with Gasteiger partial charge in [0.25, 0.3) is 5.69 Å². The second kappa shape index (κ2) is 6.32. The second-order valence-electron chi connectivity index (χ2n) is 4.01. The zero-order valence-electron chi connectivity index (χ0n) is 10.1. The Morgan fingerprint density at radius 3 is 2.71 bits per heavy atom. The number of rotatable bonds is 6. The van der Waals surface area contributed by atoms with Gasteiger partial charge in [0.1, 0.15) is 0 Å². The Hall–Kier alpha value is -1.46. The van der Waals surface area contributed by atoms with Gasteiger partial charge >= 0.3 is 0 Å². The lowest BCUT2D eigenvalue weighted by Crippen LogP contribution is -2.28. The van der Waals surface area contributed by atoms with Crippen molar-refractivity contribution in [1.29, 1.82) is 0 Å². The fourth-order valence-corrected chi connectivity index (χ4v) is 1.59. The van der Waals surface area contributed by atoms with Crippen LogP contribution in [0.3, 0.4) is 0 Å². The summed E-state index contributed by atoms with van der Waals surface area (Å²) in [5.41, 5.74) is 0.749. The van der Waals surface area contributed by atoms with Crippen LogP contribution in [0.5, 0.6) is 0 Å². The van der Waals surface area contributed by atoms with Crippen molar-refractivity contribution in [2.45, 2.75) is 32.4 Å². The Bertz CT molecular complexity index is 382. The lowest BCUT2D eigenvalue weighted by molar-refractivity contribution is -0.385. The summed E-state index contributed by atoms with van der Waals surface area (Å²) < 4.78 is 0. The van der Waals surface area contributed by atoms with Gasteiger partial charge in [0.2, 0.25) is 0 Å². The van der Waals surface area contributed by atoms with Crippen LogP contribution >= 0.6 is 0 Å². The maximum Gasteiger partial charge on any atom is 0.274 e. The minimum absolute atomic E-state index is 0.110. The van der Waals surface area contributed by atoms with Crippen LogP contribution in [0, 0.1) is 10.1 Å². The molecule has 5 nitrogen and oxygen atoms in total. The fraction of sp³-hybridized carbons (Fsp3) is 0.500. The molecule has 94 valence electrons. The number of nitrogens with zero attached hydrogens (tertiary/aromatic N) is 1. The van der Waals surface area contributed by atoms with E-state index in [1.807, 2.05) is 13.8 Å². The first-order chi connectivity index (χ1) is 8.06. The van der Waals surface area contributed by atoms with Gasteiger partial charge in [-0.05, 0) is 13.3 Å². The zero-order valence-corrected chi connectivity index (χ0v) is 10.1. The van der Waals surface area contributed by atoms with E-state index in [-0.39, 0.29) is 16.7 Å². The highest BCUT2D eigenvalue weighted by atomic mass is 16.6. The number of nitro benzene ring substituents is 1. The monoisotopic (exact) mass is 238 g/mol. The number of hydrogen-bond acceptors (Lipinski definition) is 4. The van der Waals surface area contributed by atoms with Crippen molar-refractivity contribution in [2.75, 3.05) is 6.54 Å². The van der Waals surface area contributed by atoms with E-state index in [4.69, 9.17) is 0 Å². The molecule has 0 spiro atoms. The van der Waals surface area contributed by atoms with Crippen LogP contribution in [0.1, 0.15) is 31.9 Å². The topological polar surface area (TPSA) is 75.4 Å². The van der Waals surface area contributed by atoms with Crippen LogP contribution < -0.4 is 5.32 Å². The number of nitro groups is 1. The van der Waals surface area contributed by atoms with Crippen molar-refractivity contribution in [3.8, 4) is 0 Å².